The second kappa shape index (κ2) is 8.55. The van der Waals surface area contributed by atoms with Crippen molar-refractivity contribution in [1.82, 2.24) is 0 Å². The minimum atomic E-state index is -1.66. The maximum absolute atomic E-state index is 13.9. The number of benzene rings is 2. The predicted octanol–water partition coefficient (Wildman–Crippen LogP) is 3.51. The van der Waals surface area contributed by atoms with E-state index in [0.29, 0.717) is 47.5 Å². The van der Waals surface area contributed by atoms with E-state index in [0.717, 1.165) is 11.3 Å². The molecule has 1 aliphatic carbocycles. The lowest BCUT2D eigenvalue weighted by atomic mass is 9.63. The monoisotopic (exact) mass is 486 g/mol. The molecule has 2 heterocycles. The topological polar surface area (TPSA) is 105 Å². The number of amides is 1. The number of aryl methyl sites for hydroxylation is 1. The van der Waals surface area contributed by atoms with E-state index in [4.69, 9.17) is 10.5 Å². The van der Waals surface area contributed by atoms with Crippen LogP contribution in [0.2, 0.25) is 0 Å². The van der Waals surface area contributed by atoms with E-state index in [1.54, 1.807) is 17.9 Å². The van der Waals surface area contributed by atoms with Gasteiger partial charge in [-0.3, -0.25) is 14.5 Å². The number of carbonyl (C=O) groups is 3. The van der Waals surface area contributed by atoms with Crippen LogP contribution in [-0.4, -0.2) is 38.4 Å². The molecule has 1 amide bonds. The van der Waals surface area contributed by atoms with Crippen molar-refractivity contribution in [2.45, 2.75) is 38.5 Å². The fourth-order valence-corrected chi connectivity index (χ4v) is 5.62. The number of hydrogen-bond acceptors (Lipinski definition) is 7. The zero-order valence-electron chi connectivity index (χ0n) is 21.0. The van der Waals surface area contributed by atoms with Gasteiger partial charge in [-0.1, -0.05) is 17.7 Å². The summed E-state index contributed by atoms with van der Waals surface area (Å²) in [4.78, 5) is 45.0. The Balaban J connectivity index is 1.85. The fraction of sp³-hybridized carbons (Fsp3) is 0.321. The van der Waals surface area contributed by atoms with E-state index in [1.165, 1.54) is 0 Å². The van der Waals surface area contributed by atoms with Crippen molar-refractivity contribution in [3.63, 3.8) is 0 Å². The molecule has 186 valence electrons. The van der Waals surface area contributed by atoms with Gasteiger partial charge in [0.2, 0.25) is 5.91 Å². The first-order valence-electron chi connectivity index (χ1n) is 12.2. The minimum Gasteiger partial charge on any atom is -0.462 e. The molecule has 2 aromatic rings. The minimum absolute atomic E-state index is 0.0168. The third-order valence-corrected chi connectivity index (χ3v) is 7.17. The molecule has 3 N–H and O–H groups in total. The molecule has 3 aliphatic rings. The number of nitrogens with two attached hydrogens (primary N) is 1. The van der Waals surface area contributed by atoms with Gasteiger partial charge < -0.3 is 20.7 Å². The van der Waals surface area contributed by atoms with Crippen molar-refractivity contribution < 1.29 is 19.1 Å². The highest BCUT2D eigenvalue weighted by Crippen LogP contribution is 2.55. The van der Waals surface area contributed by atoms with Crippen LogP contribution >= 0.6 is 0 Å². The highest BCUT2D eigenvalue weighted by Gasteiger charge is 2.62. The predicted molar refractivity (Wildman–Crippen MR) is 138 cm³/mol. The number of allylic oxidation sites excluding steroid dienone is 1. The molecule has 0 fully saturated rings. The smallest absolute Gasteiger partial charge is 0.339 e. The lowest BCUT2D eigenvalue weighted by Crippen LogP contribution is -2.53. The molecule has 1 unspecified atom stereocenters. The van der Waals surface area contributed by atoms with Gasteiger partial charge in [-0.2, -0.15) is 0 Å². The van der Waals surface area contributed by atoms with Crippen LogP contribution in [-0.2, 0) is 24.5 Å². The summed E-state index contributed by atoms with van der Waals surface area (Å²) in [7, 11) is 3.90. The van der Waals surface area contributed by atoms with Gasteiger partial charge in [0.1, 0.15) is 16.8 Å². The first-order chi connectivity index (χ1) is 17.2. The quantitative estimate of drug-likeness (QED) is 0.637. The Morgan fingerprint density at radius 1 is 1.14 bits per heavy atom. The largest absolute Gasteiger partial charge is 0.462 e. The molecule has 0 saturated heterocycles. The third kappa shape index (κ3) is 3.24. The van der Waals surface area contributed by atoms with E-state index in [2.05, 4.69) is 5.32 Å². The molecule has 8 heteroatoms. The molecule has 8 nitrogen and oxygen atoms in total. The second-order valence-electron chi connectivity index (χ2n) is 9.58. The summed E-state index contributed by atoms with van der Waals surface area (Å²) in [6.07, 6.45) is 1.46. The van der Waals surface area contributed by atoms with Crippen LogP contribution in [0, 0.1) is 6.92 Å². The van der Waals surface area contributed by atoms with Crippen LogP contribution in [0.4, 0.5) is 17.1 Å². The Bertz CT molecular complexity index is 1360. The van der Waals surface area contributed by atoms with Gasteiger partial charge in [0, 0.05) is 54.4 Å². The number of anilines is 3. The summed E-state index contributed by atoms with van der Waals surface area (Å²) in [5, 5.41) is 2.91. The van der Waals surface area contributed by atoms with Gasteiger partial charge in [-0.15, -0.1) is 0 Å². The maximum Gasteiger partial charge on any atom is 0.339 e. The molecule has 36 heavy (non-hydrogen) atoms. The van der Waals surface area contributed by atoms with Crippen LogP contribution in [0.5, 0.6) is 0 Å². The molecular formula is C28H30N4O4. The normalized spacial score (nSPS) is 20.9. The van der Waals surface area contributed by atoms with Crippen molar-refractivity contribution in [3.8, 4) is 0 Å². The van der Waals surface area contributed by atoms with Crippen LogP contribution < -0.4 is 20.9 Å². The van der Waals surface area contributed by atoms with Gasteiger partial charge in [-0.25, -0.2) is 4.79 Å². The Morgan fingerprint density at radius 2 is 1.86 bits per heavy atom. The summed E-state index contributed by atoms with van der Waals surface area (Å²) in [6, 6.07) is 13.2. The number of carbonyl (C=O) groups excluding carboxylic acids is 3. The molecule has 1 spiro atoms. The first-order valence-corrected chi connectivity index (χ1v) is 12.2. The summed E-state index contributed by atoms with van der Waals surface area (Å²) < 4.78 is 5.46. The summed E-state index contributed by atoms with van der Waals surface area (Å²) in [5.41, 5.74) is 9.83. The van der Waals surface area contributed by atoms with E-state index in [-0.39, 0.29) is 23.8 Å². The van der Waals surface area contributed by atoms with Crippen molar-refractivity contribution >= 4 is 34.7 Å². The average Bonchev–Trinajstić information content (AvgIpc) is 3.11. The van der Waals surface area contributed by atoms with Gasteiger partial charge >= 0.3 is 5.97 Å². The van der Waals surface area contributed by atoms with Crippen molar-refractivity contribution in [2.75, 3.05) is 35.8 Å². The highest BCUT2D eigenvalue weighted by molar-refractivity contribution is 6.23. The second-order valence-corrected chi connectivity index (χ2v) is 9.58. The van der Waals surface area contributed by atoms with Crippen LogP contribution in [0.1, 0.15) is 37.3 Å². The molecule has 0 radical (unpaired) electrons. The Morgan fingerprint density at radius 3 is 2.53 bits per heavy atom. The van der Waals surface area contributed by atoms with Gasteiger partial charge in [0.05, 0.1) is 6.61 Å². The number of nitrogens with zero attached hydrogens (tertiary/aromatic N) is 2. The molecule has 2 aromatic carbocycles. The van der Waals surface area contributed by atoms with Gasteiger partial charge in [-0.05, 0) is 57.0 Å². The summed E-state index contributed by atoms with van der Waals surface area (Å²) in [6.45, 7) is 3.71. The summed E-state index contributed by atoms with van der Waals surface area (Å²) in [5.74, 6) is -1.23. The zero-order valence-corrected chi connectivity index (χ0v) is 21.0. The van der Waals surface area contributed by atoms with Crippen molar-refractivity contribution in [1.29, 1.82) is 0 Å². The third-order valence-electron chi connectivity index (χ3n) is 7.17. The number of nitrogens with one attached hydrogen (secondary N) is 1. The van der Waals surface area contributed by atoms with Gasteiger partial charge in [0.15, 0.2) is 5.78 Å². The highest BCUT2D eigenvalue weighted by atomic mass is 16.5. The van der Waals surface area contributed by atoms with E-state index in [9.17, 15) is 14.4 Å². The average molecular weight is 487 g/mol. The Labute approximate surface area is 210 Å². The van der Waals surface area contributed by atoms with Gasteiger partial charge in [0.25, 0.3) is 0 Å². The molecule has 0 saturated carbocycles. The molecule has 0 aromatic heterocycles. The standard InChI is InChI=1S/C28H30N4O4/c1-5-36-26(34)24-25(29)32(18-12-10-17(11-13-18)31(3)4)21-7-6-8-22(33)23(21)28(24)19-15-16(2)9-14-20(19)30-27(28)35/h9-15H,5-8,29H2,1-4H3,(H,30,35). The lowest BCUT2D eigenvalue weighted by Gasteiger charge is -2.44. The number of ether oxygens (including phenoxy) is 1. The van der Waals surface area contributed by atoms with E-state index in [1.807, 2.05) is 62.3 Å². The molecule has 5 rings (SSSR count). The molecular weight excluding hydrogens is 456 g/mol. The zero-order chi connectivity index (χ0) is 25.8. The number of rotatable bonds is 4. The number of fused-ring (bicyclic) bond motifs is 3. The van der Waals surface area contributed by atoms with Crippen molar-refractivity contribution in [2.24, 2.45) is 5.73 Å². The molecule has 0 bridgehead atoms. The fourth-order valence-electron chi connectivity index (χ4n) is 5.62. The first kappa shape index (κ1) is 23.7. The SMILES string of the molecule is CCOC(=O)C1=C(N)N(c2ccc(N(C)C)cc2)C2=C(C(=O)CCC2)C12C(=O)Nc1ccc(C)cc12. The number of hydrogen-bond donors (Lipinski definition) is 2. The van der Waals surface area contributed by atoms with E-state index < -0.39 is 17.3 Å². The van der Waals surface area contributed by atoms with Crippen LogP contribution in [0.3, 0.4) is 0 Å². The number of ketones is 1. The van der Waals surface area contributed by atoms with E-state index >= 15 is 0 Å². The van der Waals surface area contributed by atoms with Crippen molar-refractivity contribution in [3.05, 3.63) is 76.3 Å². The van der Waals surface area contributed by atoms with Crippen LogP contribution in [0.25, 0.3) is 0 Å². The number of esters is 1. The lowest BCUT2D eigenvalue weighted by molar-refractivity contribution is -0.140. The Hall–Kier alpha value is -4.07. The van der Waals surface area contributed by atoms with Crippen LogP contribution in [0.15, 0.2) is 65.1 Å². The summed E-state index contributed by atoms with van der Waals surface area (Å²) >= 11 is 0. The maximum atomic E-state index is 13.9. The molecule has 1 atom stereocenters. The molecule has 2 aliphatic heterocycles. The number of Topliss-reactive ketones (excluding diaryl/α,β-unsaturated/α-hetero) is 1. The Kier molecular flexibility index (Phi) is 5.62.